The molecule has 0 heterocycles. The Bertz CT molecular complexity index is 2010. The van der Waals surface area contributed by atoms with Crippen molar-refractivity contribution in [3.05, 3.63) is 131 Å². The molecule has 12 nitrogen and oxygen atoms in total. The summed E-state index contributed by atoms with van der Waals surface area (Å²) in [4.78, 5) is 55.3. The van der Waals surface area contributed by atoms with Gasteiger partial charge < -0.3 is 37.9 Å². The predicted molar refractivity (Wildman–Crippen MR) is 271 cm³/mol. The maximum Gasteiger partial charge on any atom is 0.343 e. The van der Waals surface area contributed by atoms with Crippen molar-refractivity contribution in [2.24, 2.45) is 0 Å². The number of rotatable bonds is 32. The third kappa shape index (κ3) is 18.6. The second-order valence-corrected chi connectivity index (χ2v) is 17.0. The molecule has 70 heavy (non-hydrogen) atoms. The van der Waals surface area contributed by atoms with E-state index in [2.05, 4.69) is 27.7 Å². The van der Waals surface area contributed by atoms with Crippen molar-refractivity contribution in [3.8, 4) is 46.0 Å². The van der Waals surface area contributed by atoms with Crippen LogP contribution in [-0.4, -0.2) is 50.3 Å². The zero-order valence-corrected chi connectivity index (χ0v) is 41.4. The minimum absolute atomic E-state index is 0.163. The first-order valence-electron chi connectivity index (χ1n) is 25.2. The number of esters is 4. The highest BCUT2D eigenvalue weighted by Crippen LogP contribution is 2.42. The highest BCUT2D eigenvalue weighted by atomic mass is 16.6. The lowest BCUT2D eigenvalue weighted by atomic mass is 10.2. The van der Waals surface area contributed by atoms with Crippen LogP contribution < -0.4 is 37.9 Å². The maximum absolute atomic E-state index is 13.8. The Morgan fingerprint density at radius 1 is 0.286 bits per heavy atom. The molecule has 0 radical (unpaired) electrons. The van der Waals surface area contributed by atoms with Crippen LogP contribution in [0.4, 0.5) is 0 Å². The smallest absolute Gasteiger partial charge is 0.343 e. The van der Waals surface area contributed by atoms with E-state index >= 15 is 0 Å². The zero-order valence-electron chi connectivity index (χ0n) is 41.4. The standard InChI is InChI=1S/C58H70O12/c1-5-9-13-17-37-63-47-29-21-43(22-30-47)55(59)67-51-41-53(69-57(61)45-25-33-49(34-26-45)65-39-19-15-11-7-3)54(70-58(62)46-27-35-50(36-28-46)66-40-20-16-12-8-4)42-52(51)68-56(60)44-23-31-48(32-24-44)64-38-18-14-10-6-2/h21-36,41-42H,5-20,37-40H2,1-4H3. The Balaban J connectivity index is 1.45. The Kier molecular flexibility index (Phi) is 23.7. The number of hydrogen-bond donors (Lipinski definition) is 0. The highest BCUT2D eigenvalue weighted by Gasteiger charge is 2.25. The predicted octanol–water partition coefficient (Wildman–Crippen LogP) is 14.4. The first-order valence-corrected chi connectivity index (χ1v) is 25.2. The van der Waals surface area contributed by atoms with Gasteiger partial charge in [-0.3, -0.25) is 0 Å². The molecule has 5 aromatic rings. The normalized spacial score (nSPS) is 10.8. The van der Waals surface area contributed by atoms with Crippen LogP contribution in [0.15, 0.2) is 109 Å². The molecular formula is C58H70O12. The van der Waals surface area contributed by atoms with Gasteiger partial charge in [-0.2, -0.15) is 0 Å². The summed E-state index contributed by atoms with van der Waals surface area (Å²) in [7, 11) is 0. The van der Waals surface area contributed by atoms with E-state index in [0.29, 0.717) is 49.4 Å². The Hall–Kier alpha value is -6.82. The average Bonchev–Trinajstić information content (AvgIpc) is 3.38. The van der Waals surface area contributed by atoms with Crippen LogP contribution in [0.25, 0.3) is 0 Å². The summed E-state index contributed by atoms with van der Waals surface area (Å²) in [6.07, 6.45) is 16.8. The van der Waals surface area contributed by atoms with Gasteiger partial charge >= 0.3 is 23.9 Å². The second kappa shape index (κ2) is 30.6. The monoisotopic (exact) mass is 958 g/mol. The fourth-order valence-electron chi connectivity index (χ4n) is 7.10. The van der Waals surface area contributed by atoms with Gasteiger partial charge in [-0.05, 0) is 123 Å². The van der Waals surface area contributed by atoms with E-state index in [1.165, 1.54) is 12.1 Å². The van der Waals surface area contributed by atoms with Gasteiger partial charge in [0.1, 0.15) is 23.0 Å². The van der Waals surface area contributed by atoms with Gasteiger partial charge in [-0.25, -0.2) is 19.2 Å². The van der Waals surface area contributed by atoms with Crippen molar-refractivity contribution in [1.29, 1.82) is 0 Å². The molecule has 0 saturated carbocycles. The molecule has 0 aliphatic heterocycles. The summed E-state index contributed by atoms with van der Waals surface area (Å²) >= 11 is 0. The van der Waals surface area contributed by atoms with E-state index in [1.807, 2.05) is 0 Å². The van der Waals surface area contributed by atoms with Crippen molar-refractivity contribution in [2.45, 2.75) is 130 Å². The molecule has 0 saturated heterocycles. The van der Waals surface area contributed by atoms with Gasteiger partial charge in [0.05, 0.1) is 48.7 Å². The lowest BCUT2D eigenvalue weighted by molar-refractivity contribution is 0.0662. The van der Waals surface area contributed by atoms with E-state index in [-0.39, 0.29) is 45.3 Å². The summed E-state index contributed by atoms with van der Waals surface area (Å²) in [6.45, 7) is 10.8. The molecule has 0 amide bonds. The quantitative estimate of drug-likeness (QED) is 0.0230. The molecule has 0 aromatic heterocycles. The topological polar surface area (TPSA) is 142 Å². The fourth-order valence-corrected chi connectivity index (χ4v) is 7.10. The van der Waals surface area contributed by atoms with Gasteiger partial charge in [0.15, 0.2) is 23.0 Å². The van der Waals surface area contributed by atoms with Crippen LogP contribution in [0.5, 0.6) is 46.0 Å². The van der Waals surface area contributed by atoms with Gasteiger partial charge in [0, 0.05) is 12.1 Å². The van der Waals surface area contributed by atoms with Crippen LogP contribution in [0.3, 0.4) is 0 Å². The van der Waals surface area contributed by atoms with Crippen LogP contribution in [0.2, 0.25) is 0 Å². The van der Waals surface area contributed by atoms with E-state index < -0.39 is 23.9 Å². The Labute approximate surface area is 413 Å². The Morgan fingerprint density at radius 3 is 0.671 bits per heavy atom. The number of carbonyl (C=O) groups excluding carboxylic acids is 4. The average molecular weight is 959 g/mol. The van der Waals surface area contributed by atoms with E-state index in [0.717, 1.165) is 103 Å². The molecule has 5 aromatic carbocycles. The molecule has 12 heteroatoms. The molecule has 0 fully saturated rings. The SMILES string of the molecule is CCCCCCOc1ccc(C(=O)Oc2cc(OC(=O)c3ccc(OCCCCCC)cc3)c(OC(=O)c3ccc(OCCCCCC)cc3)cc2OC(=O)c2ccc(OCCCCCC)cc2)cc1. The summed E-state index contributed by atoms with van der Waals surface area (Å²) in [5, 5.41) is 0. The largest absolute Gasteiger partial charge is 0.494 e. The van der Waals surface area contributed by atoms with Gasteiger partial charge in [0.25, 0.3) is 0 Å². The first-order chi connectivity index (χ1) is 34.2. The molecule has 0 aliphatic rings. The summed E-state index contributed by atoms with van der Waals surface area (Å²) in [6, 6.07) is 28.1. The van der Waals surface area contributed by atoms with Crippen molar-refractivity contribution in [1.82, 2.24) is 0 Å². The van der Waals surface area contributed by atoms with Crippen molar-refractivity contribution < 1.29 is 57.1 Å². The number of ether oxygens (including phenoxy) is 8. The number of carbonyl (C=O) groups is 4. The molecule has 5 rings (SSSR count). The van der Waals surface area contributed by atoms with Crippen molar-refractivity contribution in [2.75, 3.05) is 26.4 Å². The minimum Gasteiger partial charge on any atom is -0.494 e. The lowest BCUT2D eigenvalue weighted by Crippen LogP contribution is -2.16. The molecule has 0 aliphatic carbocycles. The Morgan fingerprint density at radius 2 is 0.486 bits per heavy atom. The van der Waals surface area contributed by atoms with Crippen molar-refractivity contribution >= 4 is 23.9 Å². The number of benzene rings is 5. The lowest BCUT2D eigenvalue weighted by Gasteiger charge is -2.16. The highest BCUT2D eigenvalue weighted by molar-refractivity contribution is 5.96. The van der Waals surface area contributed by atoms with Crippen LogP contribution in [0, 0.1) is 0 Å². The third-order valence-electron chi connectivity index (χ3n) is 11.2. The number of hydrogen-bond acceptors (Lipinski definition) is 12. The van der Waals surface area contributed by atoms with Crippen LogP contribution in [0.1, 0.15) is 172 Å². The summed E-state index contributed by atoms with van der Waals surface area (Å²) in [5.41, 5.74) is 0.652. The fraction of sp³-hybridized carbons (Fsp3) is 0.414. The minimum atomic E-state index is -0.813. The van der Waals surface area contributed by atoms with E-state index in [9.17, 15) is 19.2 Å². The molecule has 0 atom stereocenters. The molecule has 374 valence electrons. The van der Waals surface area contributed by atoms with Crippen LogP contribution >= 0.6 is 0 Å². The zero-order chi connectivity index (χ0) is 49.8. The third-order valence-corrected chi connectivity index (χ3v) is 11.2. The first kappa shape index (κ1) is 54.1. The number of unbranched alkanes of at least 4 members (excludes halogenated alkanes) is 12. The van der Waals surface area contributed by atoms with Crippen LogP contribution in [-0.2, 0) is 0 Å². The van der Waals surface area contributed by atoms with Crippen molar-refractivity contribution in [3.63, 3.8) is 0 Å². The second-order valence-electron chi connectivity index (χ2n) is 17.0. The van der Waals surface area contributed by atoms with Gasteiger partial charge in [-0.15, -0.1) is 0 Å². The molecule has 0 N–H and O–H groups in total. The van der Waals surface area contributed by atoms with E-state index in [4.69, 9.17) is 37.9 Å². The summed E-state index contributed by atoms with van der Waals surface area (Å²) < 4.78 is 47.1. The molecule has 0 spiro atoms. The molecule has 0 bridgehead atoms. The van der Waals surface area contributed by atoms with Gasteiger partial charge in [0.2, 0.25) is 0 Å². The molecular weight excluding hydrogens is 889 g/mol. The maximum atomic E-state index is 13.8. The molecule has 0 unspecified atom stereocenters. The van der Waals surface area contributed by atoms with Gasteiger partial charge in [-0.1, -0.05) is 105 Å². The summed E-state index contributed by atoms with van der Waals surface area (Å²) in [5.74, 6) is -2.07. The van der Waals surface area contributed by atoms with E-state index in [1.54, 1.807) is 97.1 Å².